The first kappa shape index (κ1) is 23.5. The van der Waals surface area contributed by atoms with Crippen LogP contribution in [0.2, 0.25) is 0 Å². The quantitative estimate of drug-likeness (QED) is 0.385. The molecule has 1 atom stereocenters. The molecule has 0 saturated heterocycles. The van der Waals surface area contributed by atoms with Crippen molar-refractivity contribution in [3.05, 3.63) is 87.9 Å². The van der Waals surface area contributed by atoms with E-state index in [9.17, 15) is 19.5 Å². The standard InChI is InChI=1S/C26H23BrN2O5/c1-2-22(24(30)28-23-12-11-15(27)13-20(23)25(31)32)29-26(33)34-14-21-18-9-5-3-7-16(18)17-8-4-6-10-19(17)21/h3-13,21-22H,2,14H2,1H3,(H,28,30)(H,29,33)(H,31,32)/t22-/m1/s1. The third-order valence-corrected chi connectivity index (χ3v) is 6.32. The lowest BCUT2D eigenvalue weighted by molar-refractivity contribution is -0.118. The summed E-state index contributed by atoms with van der Waals surface area (Å²) in [6.45, 7) is 1.88. The Bertz CT molecular complexity index is 1210. The average Bonchev–Trinajstić information content (AvgIpc) is 3.15. The van der Waals surface area contributed by atoms with Gasteiger partial charge in [0.25, 0.3) is 0 Å². The molecule has 0 saturated carbocycles. The lowest BCUT2D eigenvalue weighted by Gasteiger charge is -2.19. The van der Waals surface area contributed by atoms with Gasteiger partial charge in [0, 0.05) is 10.4 Å². The summed E-state index contributed by atoms with van der Waals surface area (Å²) in [5.74, 6) is -1.79. The summed E-state index contributed by atoms with van der Waals surface area (Å²) in [6.07, 6.45) is -0.410. The number of carbonyl (C=O) groups excluding carboxylic acids is 2. The van der Waals surface area contributed by atoms with Crippen molar-refractivity contribution < 1.29 is 24.2 Å². The van der Waals surface area contributed by atoms with Crippen LogP contribution in [0.3, 0.4) is 0 Å². The first-order valence-corrected chi connectivity index (χ1v) is 11.6. The van der Waals surface area contributed by atoms with Crippen molar-refractivity contribution >= 4 is 39.6 Å². The lowest BCUT2D eigenvalue weighted by atomic mass is 9.98. The van der Waals surface area contributed by atoms with Crippen molar-refractivity contribution in [2.45, 2.75) is 25.3 Å². The second-order valence-corrected chi connectivity index (χ2v) is 8.83. The third kappa shape index (κ3) is 4.82. The predicted molar refractivity (Wildman–Crippen MR) is 132 cm³/mol. The maximum Gasteiger partial charge on any atom is 0.407 e. The topological polar surface area (TPSA) is 105 Å². The molecule has 0 aromatic heterocycles. The average molecular weight is 523 g/mol. The highest BCUT2D eigenvalue weighted by Crippen LogP contribution is 2.44. The van der Waals surface area contributed by atoms with Crippen LogP contribution in [0, 0.1) is 0 Å². The molecule has 0 unspecified atom stereocenters. The van der Waals surface area contributed by atoms with E-state index >= 15 is 0 Å². The molecule has 3 N–H and O–H groups in total. The molecule has 0 heterocycles. The number of amides is 2. The van der Waals surface area contributed by atoms with Crippen molar-refractivity contribution in [1.82, 2.24) is 5.32 Å². The van der Waals surface area contributed by atoms with E-state index < -0.39 is 24.0 Å². The first-order chi connectivity index (χ1) is 16.4. The fourth-order valence-electron chi connectivity index (χ4n) is 4.16. The van der Waals surface area contributed by atoms with Crippen molar-refractivity contribution in [3.63, 3.8) is 0 Å². The normalized spacial score (nSPS) is 12.9. The Morgan fingerprint density at radius 1 is 1.00 bits per heavy atom. The Kier molecular flexibility index (Phi) is 6.98. The number of rotatable bonds is 7. The van der Waals surface area contributed by atoms with Gasteiger partial charge in [-0.15, -0.1) is 0 Å². The number of benzene rings is 3. The molecule has 2 amide bonds. The van der Waals surface area contributed by atoms with Gasteiger partial charge in [-0.1, -0.05) is 71.4 Å². The molecule has 0 bridgehead atoms. The van der Waals surface area contributed by atoms with Gasteiger partial charge in [-0.2, -0.15) is 0 Å². The number of hydrogen-bond acceptors (Lipinski definition) is 4. The zero-order valence-electron chi connectivity index (χ0n) is 18.4. The van der Waals surface area contributed by atoms with Gasteiger partial charge in [-0.05, 0) is 46.9 Å². The molecule has 3 aromatic rings. The van der Waals surface area contributed by atoms with E-state index in [1.807, 2.05) is 36.4 Å². The van der Waals surface area contributed by atoms with Crippen molar-refractivity contribution in [2.75, 3.05) is 11.9 Å². The minimum absolute atomic E-state index is 0.0567. The number of aromatic carboxylic acids is 1. The van der Waals surface area contributed by atoms with Gasteiger partial charge < -0.3 is 20.5 Å². The largest absolute Gasteiger partial charge is 0.478 e. The Morgan fingerprint density at radius 3 is 2.21 bits per heavy atom. The number of carbonyl (C=O) groups is 3. The summed E-state index contributed by atoms with van der Waals surface area (Å²) in [4.78, 5) is 36.8. The summed E-state index contributed by atoms with van der Waals surface area (Å²) in [5, 5.41) is 14.6. The number of alkyl carbamates (subject to hydrolysis) is 1. The lowest BCUT2D eigenvalue weighted by Crippen LogP contribution is -2.44. The van der Waals surface area contributed by atoms with Crippen LogP contribution >= 0.6 is 15.9 Å². The van der Waals surface area contributed by atoms with Crippen LogP contribution in [0.15, 0.2) is 71.2 Å². The van der Waals surface area contributed by atoms with Crippen LogP contribution in [0.1, 0.15) is 40.7 Å². The molecule has 34 heavy (non-hydrogen) atoms. The molecule has 4 rings (SSSR count). The molecule has 3 aromatic carbocycles. The zero-order valence-corrected chi connectivity index (χ0v) is 20.0. The van der Waals surface area contributed by atoms with Gasteiger partial charge in [0.2, 0.25) is 5.91 Å². The van der Waals surface area contributed by atoms with Crippen molar-refractivity contribution in [1.29, 1.82) is 0 Å². The summed E-state index contributed by atoms with van der Waals surface area (Å²) in [7, 11) is 0. The number of halogens is 1. The van der Waals surface area contributed by atoms with E-state index in [1.165, 1.54) is 12.1 Å². The Morgan fingerprint density at radius 2 is 1.62 bits per heavy atom. The molecule has 0 radical (unpaired) electrons. The fourth-order valence-corrected chi connectivity index (χ4v) is 4.52. The SMILES string of the molecule is CC[C@@H](NC(=O)OCC1c2ccccc2-c2ccccc21)C(=O)Nc1ccc(Br)cc1C(=O)O. The van der Waals surface area contributed by atoms with Crippen molar-refractivity contribution in [3.8, 4) is 11.1 Å². The van der Waals surface area contributed by atoms with E-state index in [1.54, 1.807) is 13.0 Å². The maximum absolute atomic E-state index is 12.7. The maximum atomic E-state index is 12.7. The van der Waals surface area contributed by atoms with Crippen LogP contribution < -0.4 is 10.6 Å². The molecule has 0 aliphatic heterocycles. The highest BCUT2D eigenvalue weighted by molar-refractivity contribution is 9.10. The number of anilines is 1. The van der Waals surface area contributed by atoms with E-state index in [4.69, 9.17) is 4.74 Å². The number of hydrogen-bond donors (Lipinski definition) is 3. The van der Waals surface area contributed by atoms with E-state index in [2.05, 4.69) is 38.7 Å². The highest BCUT2D eigenvalue weighted by Gasteiger charge is 2.29. The number of fused-ring (bicyclic) bond motifs is 3. The number of nitrogens with one attached hydrogen (secondary N) is 2. The molecule has 0 spiro atoms. The smallest absolute Gasteiger partial charge is 0.407 e. The second-order valence-electron chi connectivity index (χ2n) is 7.92. The molecular weight excluding hydrogens is 500 g/mol. The Labute approximate surface area is 205 Å². The van der Waals surface area contributed by atoms with Crippen LogP contribution in [0.25, 0.3) is 11.1 Å². The van der Waals surface area contributed by atoms with Gasteiger partial charge >= 0.3 is 12.1 Å². The van der Waals surface area contributed by atoms with Gasteiger partial charge in [0.1, 0.15) is 12.6 Å². The molecule has 0 fully saturated rings. The third-order valence-electron chi connectivity index (χ3n) is 5.83. The first-order valence-electron chi connectivity index (χ1n) is 10.8. The Balaban J connectivity index is 1.41. The van der Waals surface area contributed by atoms with E-state index in [-0.39, 0.29) is 23.8 Å². The monoisotopic (exact) mass is 522 g/mol. The van der Waals surface area contributed by atoms with E-state index in [0.29, 0.717) is 10.9 Å². The summed E-state index contributed by atoms with van der Waals surface area (Å²) in [6, 6.07) is 19.7. The summed E-state index contributed by atoms with van der Waals surface area (Å²) < 4.78 is 6.10. The highest BCUT2D eigenvalue weighted by atomic mass is 79.9. The summed E-state index contributed by atoms with van der Waals surface area (Å²) >= 11 is 3.22. The van der Waals surface area contributed by atoms with Crippen LogP contribution in [0.5, 0.6) is 0 Å². The van der Waals surface area contributed by atoms with Gasteiger partial charge in [-0.25, -0.2) is 9.59 Å². The van der Waals surface area contributed by atoms with Gasteiger partial charge in [0.05, 0.1) is 11.3 Å². The zero-order chi connectivity index (χ0) is 24.2. The molecule has 174 valence electrons. The van der Waals surface area contributed by atoms with Crippen LogP contribution in [-0.4, -0.2) is 35.7 Å². The minimum atomic E-state index is -1.17. The van der Waals surface area contributed by atoms with Crippen LogP contribution in [-0.2, 0) is 9.53 Å². The van der Waals surface area contributed by atoms with Crippen LogP contribution in [0.4, 0.5) is 10.5 Å². The van der Waals surface area contributed by atoms with E-state index in [0.717, 1.165) is 22.3 Å². The molecule has 7 nitrogen and oxygen atoms in total. The Hall–Kier alpha value is -3.65. The van der Waals surface area contributed by atoms with Crippen molar-refractivity contribution in [2.24, 2.45) is 0 Å². The summed E-state index contributed by atoms with van der Waals surface area (Å²) in [5.41, 5.74) is 4.53. The minimum Gasteiger partial charge on any atom is -0.478 e. The molecule has 1 aliphatic rings. The number of ether oxygens (including phenoxy) is 1. The predicted octanol–water partition coefficient (Wildman–Crippen LogP) is 5.40. The van der Waals surface area contributed by atoms with Gasteiger partial charge in [-0.3, -0.25) is 4.79 Å². The molecule has 1 aliphatic carbocycles. The van der Waals surface area contributed by atoms with Gasteiger partial charge in [0.15, 0.2) is 0 Å². The number of carboxylic acid groups (broad SMARTS) is 1. The number of carboxylic acids is 1. The molecule has 8 heteroatoms. The molecular formula is C26H23BrN2O5. The fraction of sp³-hybridized carbons (Fsp3) is 0.192. The second kappa shape index (κ2) is 10.1.